The third kappa shape index (κ3) is 3.01. The van der Waals surface area contributed by atoms with Crippen LogP contribution >= 0.6 is 0 Å². The number of nitrogens with one attached hydrogen (secondary N) is 2. The molecule has 102 valence electrons. The first-order valence-electron chi connectivity index (χ1n) is 5.72. The van der Waals surface area contributed by atoms with Gasteiger partial charge in [-0.2, -0.15) is 5.10 Å². The molecule has 0 saturated carbocycles. The molecule has 2 aromatic rings. The second-order valence-electron chi connectivity index (χ2n) is 4.13. The van der Waals surface area contributed by atoms with E-state index in [0.717, 1.165) is 11.1 Å². The molecule has 0 spiro atoms. The highest BCUT2D eigenvalue weighted by Gasteiger charge is 2.20. The van der Waals surface area contributed by atoms with E-state index in [1.807, 2.05) is 31.2 Å². The predicted molar refractivity (Wildman–Crippen MR) is 69.7 cm³/mol. The minimum atomic E-state index is -3.70. The molecule has 19 heavy (non-hydrogen) atoms. The molecule has 0 aliphatic heterocycles. The lowest BCUT2D eigenvalue weighted by Gasteiger charge is -2.08. The van der Waals surface area contributed by atoms with Crippen molar-refractivity contribution < 1.29 is 13.5 Å². The second kappa shape index (κ2) is 5.52. The van der Waals surface area contributed by atoms with Crippen molar-refractivity contribution in [3.05, 3.63) is 47.2 Å². The summed E-state index contributed by atoms with van der Waals surface area (Å²) in [5.41, 5.74) is 2.16. The van der Waals surface area contributed by atoms with Crippen molar-refractivity contribution >= 4 is 10.0 Å². The predicted octanol–water partition coefficient (Wildman–Crippen LogP) is 0.689. The SMILES string of the molecule is Cc1ccccc1CNS(=O)(=O)c1[nH]ncc1CO. The quantitative estimate of drug-likeness (QED) is 0.751. The summed E-state index contributed by atoms with van der Waals surface area (Å²) in [5.74, 6) is 0. The van der Waals surface area contributed by atoms with E-state index in [-0.39, 0.29) is 23.7 Å². The molecular weight excluding hydrogens is 266 g/mol. The zero-order valence-electron chi connectivity index (χ0n) is 10.4. The topological polar surface area (TPSA) is 95.1 Å². The van der Waals surface area contributed by atoms with Gasteiger partial charge in [0.2, 0.25) is 0 Å². The highest BCUT2D eigenvalue weighted by molar-refractivity contribution is 7.89. The summed E-state index contributed by atoms with van der Waals surface area (Å²) in [4.78, 5) is 0. The monoisotopic (exact) mass is 281 g/mol. The zero-order chi connectivity index (χ0) is 13.9. The molecular formula is C12H15N3O3S. The minimum absolute atomic E-state index is 0.0939. The third-order valence-corrected chi connectivity index (χ3v) is 4.25. The molecule has 1 aromatic carbocycles. The molecule has 3 N–H and O–H groups in total. The van der Waals surface area contributed by atoms with Gasteiger partial charge in [0.25, 0.3) is 10.0 Å². The smallest absolute Gasteiger partial charge is 0.258 e. The largest absolute Gasteiger partial charge is 0.392 e. The number of hydrogen-bond acceptors (Lipinski definition) is 4. The molecule has 1 heterocycles. The fraction of sp³-hybridized carbons (Fsp3) is 0.250. The van der Waals surface area contributed by atoms with E-state index in [0.29, 0.717) is 0 Å². The van der Waals surface area contributed by atoms with Crippen LogP contribution in [0.15, 0.2) is 35.5 Å². The van der Waals surface area contributed by atoms with Crippen molar-refractivity contribution in [2.24, 2.45) is 0 Å². The maximum Gasteiger partial charge on any atom is 0.258 e. The number of benzene rings is 1. The molecule has 6 nitrogen and oxygen atoms in total. The maximum absolute atomic E-state index is 12.1. The van der Waals surface area contributed by atoms with Gasteiger partial charge in [-0.25, -0.2) is 13.1 Å². The molecule has 7 heteroatoms. The van der Waals surface area contributed by atoms with Crippen molar-refractivity contribution in [1.82, 2.24) is 14.9 Å². The molecule has 0 aliphatic carbocycles. The summed E-state index contributed by atoms with van der Waals surface area (Å²) in [6.45, 7) is 1.73. The highest BCUT2D eigenvalue weighted by Crippen LogP contribution is 2.13. The molecule has 0 aliphatic rings. The first kappa shape index (κ1) is 13.7. The fourth-order valence-corrected chi connectivity index (χ4v) is 2.82. The fourth-order valence-electron chi connectivity index (χ4n) is 1.70. The Morgan fingerprint density at radius 1 is 1.32 bits per heavy atom. The molecule has 0 saturated heterocycles. The van der Waals surface area contributed by atoms with Gasteiger partial charge >= 0.3 is 0 Å². The molecule has 0 bridgehead atoms. The minimum Gasteiger partial charge on any atom is -0.392 e. The van der Waals surface area contributed by atoms with Crippen LogP contribution < -0.4 is 4.72 Å². The number of rotatable bonds is 5. The lowest BCUT2D eigenvalue weighted by atomic mass is 10.1. The van der Waals surface area contributed by atoms with Gasteiger partial charge in [0.15, 0.2) is 5.03 Å². The van der Waals surface area contributed by atoms with E-state index in [4.69, 9.17) is 5.11 Å². The van der Waals surface area contributed by atoms with Crippen molar-refractivity contribution in [2.75, 3.05) is 0 Å². The summed E-state index contributed by atoms with van der Waals surface area (Å²) in [6, 6.07) is 7.52. The van der Waals surface area contributed by atoms with E-state index in [2.05, 4.69) is 14.9 Å². The van der Waals surface area contributed by atoms with E-state index in [1.54, 1.807) is 0 Å². The van der Waals surface area contributed by atoms with Gasteiger partial charge in [-0.05, 0) is 18.1 Å². The molecule has 0 amide bonds. The zero-order valence-corrected chi connectivity index (χ0v) is 11.2. The average molecular weight is 281 g/mol. The number of aromatic amines is 1. The molecule has 1 aromatic heterocycles. The Labute approximate surface area is 111 Å². The van der Waals surface area contributed by atoms with Crippen molar-refractivity contribution in [2.45, 2.75) is 25.1 Å². The Kier molecular flexibility index (Phi) is 3.98. The van der Waals surface area contributed by atoms with Crippen molar-refractivity contribution in [3.8, 4) is 0 Å². The lowest BCUT2D eigenvalue weighted by Crippen LogP contribution is -2.25. The summed E-state index contributed by atoms with van der Waals surface area (Å²) in [5, 5.41) is 15.0. The lowest BCUT2D eigenvalue weighted by molar-refractivity contribution is 0.278. The third-order valence-electron chi connectivity index (χ3n) is 2.83. The maximum atomic E-state index is 12.1. The van der Waals surface area contributed by atoms with Crippen LogP contribution in [-0.4, -0.2) is 23.7 Å². The molecule has 2 rings (SSSR count). The standard InChI is InChI=1S/C12H15N3O3S/c1-9-4-2-3-5-10(9)7-14-19(17,18)12-11(8-16)6-13-15-12/h2-6,14,16H,7-8H2,1H3,(H,13,15). The van der Waals surface area contributed by atoms with Crippen LogP contribution in [0.2, 0.25) is 0 Å². The van der Waals surface area contributed by atoms with Crippen LogP contribution in [0.5, 0.6) is 0 Å². The van der Waals surface area contributed by atoms with Crippen LogP contribution in [0.1, 0.15) is 16.7 Å². The molecule has 0 radical (unpaired) electrons. The van der Waals surface area contributed by atoms with Crippen LogP contribution in [0.3, 0.4) is 0 Å². The van der Waals surface area contributed by atoms with Crippen molar-refractivity contribution in [3.63, 3.8) is 0 Å². The van der Waals surface area contributed by atoms with Crippen LogP contribution in [0.25, 0.3) is 0 Å². The van der Waals surface area contributed by atoms with Crippen molar-refractivity contribution in [1.29, 1.82) is 0 Å². The van der Waals surface area contributed by atoms with E-state index < -0.39 is 10.0 Å². The summed E-state index contributed by atoms with van der Waals surface area (Å²) >= 11 is 0. The van der Waals surface area contributed by atoms with Gasteiger partial charge in [0.05, 0.1) is 12.8 Å². The van der Waals surface area contributed by atoms with Crippen LogP contribution in [-0.2, 0) is 23.2 Å². The van der Waals surface area contributed by atoms with Gasteiger partial charge in [0.1, 0.15) is 0 Å². The Bertz CT molecular complexity index is 664. The number of aryl methyl sites for hydroxylation is 1. The molecule has 0 atom stereocenters. The van der Waals surface area contributed by atoms with Gasteiger partial charge in [-0.1, -0.05) is 24.3 Å². The summed E-state index contributed by atoms with van der Waals surface area (Å²) in [7, 11) is -3.70. The Morgan fingerprint density at radius 2 is 2.05 bits per heavy atom. The number of nitrogens with zero attached hydrogens (tertiary/aromatic N) is 1. The number of aliphatic hydroxyl groups excluding tert-OH is 1. The Balaban J connectivity index is 2.17. The second-order valence-corrected chi connectivity index (χ2v) is 5.84. The molecule has 0 unspecified atom stereocenters. The number of H-pyrrole nitrogens is 1. The number of aliphatic hydroxyl groups is 1. The molecule has 0 fully saturated rings. The average Bonchev–Trinajstić information content (AvgIpc) is 2.87. The van der Waals surface area contributed by atoms with Crippen LogP contribution in [0.4, 0.5) is 0 Å². The van der Waals surface area contributed by atoms with Gasteiger partial charge < -0.3 is 5.11 Å². The number of hydrogen-bond donors (Lipinski definition) is 3. The number of aromatic nitrogens is 2. The summed E-state index contributed by atoms with van der Waals surface area (Å²) < 4.78 is 26.6. The first-order valence-corrected chi connectivity index (χ1v) is 7.20. The Hall–Kier alpha value is -1.70. The van der Waals surface area contributed by atoms with Gasteiger partial charge in [-0.3, -0.25) is 5.10 Å². The Morgan fingerprint density at radius 3 is 2.74 bits per heavy atom. The normalized spacial score (nSPS) is 11.7. The van der Waals surface area contributed by atoms with Gasteiger partial charge in [-0.15, -0.1) is 0 Å². The van der Waals surface area contributed by atoms with E-state index >= 15 is 0 Å². The van der Waals surface area contributed by atoms with Crippen LogP contribution in [0, 0.1) is 6.92 Å². The first-order chi connectivity index (χ1) is 9.04. The van der Waals surface area contributed by atoms with E-state index in [1.165, 1.54) is 6.20 Å². The summed E-state index contributed by atoms with van der Waals surface area (Å²) in [6.07, 6.45) is 1.29. The van der Waals surface area contributed by atoms with E-state index in [9.17, 15) is 8.42 Å². The highest BCUT2D eigenvalue weighted by atomic mass is 32.2. The number of sulfonamides is 1. The van der Waals surface area contributed by atoms with Gasteiger partial charge in [0, 0.05) is 12.1 Å².